The Hall–Kier alpha value is -0.530. The lowest BCUT2D eigenvalue weighted by molar-refractivity contribution is 0.222. The molecule has 0 spiro atoms. The van der Waals surface area contributed by atoms with Gasteiger partial charge < -0.3 is 10.6 Å². The summed E-state index contributed by atoms with van der Waals surface area (Å²) in [5.74, 6) is 0. The largest absolute Gasteiger partial charge is 0.396 e. The van der Waals surface area contributed by atoms with Crippen LogP contribution in [0.1, 0.15) is 0 Å². The Balaban J connectivity index is 2.38. The second-order valence-electron chi connectivity index (χ2n) is 4.48. The number of rotatable bonds is 2. The quantitative estimate of drug-likeness (QED) is 0.838. The first-order valence-corrected chi connectivity index (χ1v) is 7.96. The lowest BCUT2D eigenvalue weighted by atomic mass is 10.3. The summed E-state index contributed by atoms with van der Waals surface area (Å²) in [6.07, 6.45) is 0. The number of anilines is 1. The van der Waals surface area contributed by atoms with Gasteiger partial charge in [-0.3, -0.25) is 0 Å². The van der Waals surface area contributed by atoms with Crippen molar-refractivity contribution >= 4 is 38.9 Å². The molecule has 1 fully saturated rings. The van der Waals surface area contributed by atoms with Gasteiger partial charge in [-0.05, 0) is 19.2 Å². The normalized spacial score (nSPS) is 18.7. The van der Waals surface area contributed by atoms with E-state index in [0.717, 1.165) is 0 Å². The molecule has 0 radical (unpaired) electrons. The van der Waals surface area contributed by atoms with Gasteiger partial charge in [-0.1, -0.05) is 23.2 Å². The average Bonchev–Trinajstić information content (AvgIpc) is 2.36. The highest BCUT2D eigenvalue weighted by atomic mass is 35.5. The predicted octanol–water partition coefficient (Wildman–Crippen LogP) is 1.51. The second-order valence-corrected chi connectivity index (χ2v) is 7.17. The van der Waals surface area contributed by atoms with Crippen LogP contribution in [0, 0.1) is 0 Å². The molecule has 0 unspecified atom stereocenters. The maximum absolute atomic E-state index is 12.5. The Morgan fingerprint density at radius 2 is 1.74 bits per heavy atom. The highest BCUT2D eigenvalue weighted by molar-refractivity contribution is 7.89. The summed E-state index contributed by atoms with van der Waals surface area (Å²) < 4.78 is 26.4. The zero-order chi connectivity index (χ0) is 14.2. The Labute approximate surface area is 122 Å². The van der Waals surface area contributed by atoms with Crippen molar-refractivity contribution in [1.82, 2.24) is 9.21 Å². The molecule has 1 aliphatic rings. The highest BCUT2D eigenvalue weighted by Gasteiger charge is 2.30. The van der Waals surface area contributed by atoms with Crippen LogP contribution in [0.25, 0.3) is 0 Å². The Morgan fingerprint density at radius 1 is 1.16 bits per heavy atom. The summed E-state index contributed by atoms with van der Waals surface area (Å²) in [5, 5.41) is 0.244. The zero-order valence-electron chi connectivity index (χ0n) is 10.4. The van der Waals surface area contributed by atoms with Gasteiger partial charge in [0.15, 0.2) is 0 Å². The molecule has 1 heterocycles. The number of halogens is 2. The Morgan fingerprint density at radius 3 is 2.32 bits per heavy atom. The van der Waals surface area contributed by atoms with Gasteiger partial charge in [0.2, 0.25) is 10.0 Å². The molecule has 1 aromatic rings. The van der Waals surface area contributed by atoms with Crippen LogP contribution in [0.4, 0.5) is 5.69 Å². The molecular formula is C11H15Cl2N3O2S. The van der Waals surface area contributed by atoms with Crippen molar-refractivity contribution in [1.29, 1.82) is 0 Å². The van der Waals surface area contributed by atoms with Crippen molar-refractivity contribution in [3.63, 3.8) is 0 Å². The first-order valence-electron chi connectivity index (χ1n) is 5.76. The molecule has 1 saturated heterocycles. The zero-order valence-corrected chi connectivity index (χ0v) is 12.8. The van der Waals surface area contributed by atoms with E-state index in [2.05, 4.69) is 4.90 Å². The summed E-state index contributed by atoms with van der Waals surface area (Å²) >= 11 is 11.8. The van der Waals surface area contributed by atoms with E-state index in [1.165, 1.54) is 16.4 Å². The van der Waals surface area contributed by atoms with Gasteiger partial charge in [-0.15, -0.1) is 0 Å². The van der Waals surface area contributed by atoms with Crippen molar-refractivity contribution in [3.8, 4) is 0 Å². The SMILES string of the molecule is CN1CCN(S(=O)(=O)c2ccc(Cl)c(N)c2Cl)CC1. The van der Waals surface area contributed by atoms with E-state index < -0.39 is 10.0 Å². The molecule has 2 N–H and O–H groups in total. The van der Waals surface area contributed by atoms with Crippen LogP contribution in [0.15, 0.2) is 17.0 Å². The maximum Gasteiger partial charge on any atom is 0.244 e. The summed E-state index contributed by atoms with van der Waals surface area (Å²) in [4.78, 5) is 2.09. The lowest BCUT2D eigenvalue weighted by Crippen LogP contribution is -2.47. The standard InChI is InChI=1S/C11H15Cl2N3O2S/c1-15-4-6-16(7-5-15)19(17,18)9-3-2-8(12)11(14)10(9)13/h2-3H,4-7,14H2,1H3. The number of hydrogen-bond donors (Lipinski definition) is 1. The predicted molar refractivity (Wildman–Crippen MR) is 77.1 cm³/mol. The van der Waals surface area contributed by atoms with Gasteiger partial charge in [-0.2, -0.15) is 4.31 Å². The molecule has 1 aliphatic heterocycles. The number of nitrogens with zero attached hydrogens (tertiary/aromatic N) is 2. The van der Waals surface area contributed by atoms with Crippen LogP contribution in [0.3, 0.4) is 0 Å². The minimum atomic E-state index is -3.62. The summed E-state index contributed by atoms with van der Waals surface area (Å²) in [6, 6.07) is 2.85. The van der Waals surface area contributed by atoms with Gasteiger partial charge in [0.05, 0.1) is 15.7 Å². The van der Waals surface area contributed by atoms with E-state index in [4.69, 9.17) is 28.9 Å². The van der Waals surface area contributed by atoms with E-state index >= 15 is 0 Å². The van der Waals surface area contributed by atoms with Gasteiger partial charge >= 0.3 is 0 Å². The summed E-state index contributed by atoms with van der Waals surface area (Å²) in [6.45, 7) is 2.27. The van der Waals surface area contributed by atoms with Crippen LogP contribution in [-0.4, -0.2) is 50.8 Å². The molecule has 8 heteroatoms. The molecular weight excluding hydrogens is 309 g/mol. The van der Waals surface area contributed by atoms with Gasteiger partial charge in [0.1, 0.15) is 4.90 Å². The smallest absolute Gasteiger partial charge is 0.244 e. The minimum absolute atomic E-state index is 0.00794. The van der Waals surface area contributed by atoms with Crippen molar-refractivity contribution in [2.45, 2.75) is 4.90 Å². The fourth-order valence-corrected chi connectivity index (χ4v) is 4.08. The molecule has 106 valence electrons. The van der Waals surface area contributed by atoms with Crippen LogP contribution >= 0.6 is 23.2 Å². The number of likely N-dealkylation sites (N-methyl/N-ethyl adjacent to an activating group) is 1. The van der Waals surface area contributed by atoms with Crippen molar-refractivity contribution in [3.05, 3.63) is 22.2 Å². The lowest BCUT2D eigenvalue weighted by Gasteiger charge is -2.31. The van der Waals surface area contributed by atoms with Gasteiger partial charge in [0, 0.05) is 26.2 Å². The van der Waals surface area contributed by atoms with E-state index in [1.807, 2.05) is 7.05 Å². The van der Waals surface area contributed by atoms with Crippen molar-refractivity contribution in [2.24, 2.45) is 0 Å². The maximum atomic E-state index is 12.5. The molecule has 19 heavy (non-hydrogen) atoms. The third-order valence-corrected chi connectivity index (χ3v) is 5.96. The van der Waals surface area contributed by atoms with Crippen molar-refractivity contribution in [2.75, 3.05) is 39.0 Å². The average molecular weight is 324 g/mol. The number of nitrogens with two attached hydrogens (primary N) is 1. The van der Waals surface area contributed by atoms with Gasteiger partial charge in [-0.25, -0.2) is 8.42 Å². The van der Waals surface area contributed by atoms with E-state index in [1.54, 1.807) is 0 Å². The topological polar surface area (TPSA) is 66.6 Å². The molecule has 0 bridgehead atoms. The molecule has 0 atom stereocenters. The van der Waals surface area contributed by atoms with E-state index in [0.29, 0.717) is 26.2 Å². The van der Waals surface area contributed by atoms with E-state index in [9.17, 15) is 8.42 Å². The molecule has 1 aromatic carbocycles. The minimum Gasteiger partial charge on any atom is -0.396 e. The third kappa shape index (κ3) is 2.83. The Bertz CT molecular complexity index is 584. The Kier molecular flexibility index (Phi) is 4.27. The summed E-state index contributed by atoms with van der Waals surface area (Å²) in [7, 11) is -1.66. The molecule has 0 aromatic heterocycles. The molecule has 0 aliphatic carbocycles. The first kappa shape index (κ1) is 14.9. The summed E-state index contributed by atoms with van der Waals surface area (Å²) in [5.41, 5.74) is 5.77. The monoisotopic (exact) mass is 323 g/mol. The third-order valence-electron chi connectivity index (χ3n) is 3.17. The second kappa shape index (κ2) is 5.46. The number of nitrogen functional groups attached to an aromatic ring is 1. The number of benzene rings is 1. The van der Waals surface area contributed by atoms with Crippen LogP contribution in [0.5, 0.6) is 0 Å². The number of sulfonamides is 1. The molecule has 5 nitrogen and oxygen atoms in total. The highest BCUT2D eigenvalue weighted by Crippen LogP contribution is 2.34. The van der Waals surface area contributed by atoms with Crippen LogP contribution in [-0.2, 0) is 10.0 Å². The molecule has 2 rings (SSSR count). The van der Waals surface area contributed by atoms with Crippen molar-refractivity contribution < 1.29 is 8.42 Å². The molecule has 0 saturated carbocycles. The fourth-order valence-electron chi connectivity index (χ4n) is 1.92. The van der Waals surface area contributed by atoms with Crippen LogP contribution in [0.2, 0.25) is 10.0 Å². The number of piperazine rings is 1. The first-order chi connectivity index (χ1) is 8.84. The van der Waals surface area contributed by atoms with E-state index in [-0.39, 0.29) is 20.6 Å². The molecule has 0 amide bonds. The van der Waals surface area contributed by atoms with Crippen LogP contribution < -0.4 is 5.73 Å². The van der Waals surface area contributed by atoms with Gasteiger partial charge in [0.25, 0.3) is 0 Å². The fraction of sp³-hybridized carbons (Fsp3) is 0.455. The number of hydrogen-bond acceptors (Lipinski definition) is 4.